The maximum Gasteiger partial charge on any atom is 0.433 e. The maximum absolute atomic E-state index is 12.6. The summed E-state index contributed by atoms with van der Waals surface area (Å²) >= 11 is 0. The smallest absolute Gasteiger partial charge is 0.433 e. The van der Waals surface area contributed by atoms with Gasteiger partial charge in [-0.25, -0.2) is 9.97 Å². The minimum atomic E-state index is -4.49. The van der Waals surface area contributed by atoms with Crippen LogP contribution < -0.4 is 4.90 Å². The van der Waals surface area contributed by atoms with E-state index in [-0.39, 0.29) is 17.8 Å². The van der Waals surface area contributed by atoms with Crippen molar-refractivity contribution in [3.05, 3.63) is 18.0 Å². The third-order valence-electron chi connectivity index (χ3n) is 3.33. The number of esters is 1. The molecular formula is C13H16F3N3O2. The van der Waals surface area contributed by atoms with E-state index >= 15 is 0 Å². The van der Waals surface area contributed by atoms with E-state index in [0.717, 1.165) is 12.3 Å². The van der Waals surface area contributed by atoms with Gasteiger partial charge in [0, 0.05) is 19.3 Å². The van der Waals surface area contributed by atoms with E-state index in [1.807, 2.05) is 0 Å². The standard InChI is InChI=1S/C13H16F3N3O2/c1-2-21-11(20)9-4-7-19(8-5-9)12-17-6-3-10(18-12)13(14,15)16/h3,6,9H,2,4-5,7-8H2,1H3. The molecule has 0 amide bonds. The Bertz CT molecular complexity index is 500. The lowest BCUT2D eigenvalue weighted by Crippen LogP contribution is -2.38. The minimum Gasteiger partial charge on any atom is -0.466 e. The second kappa shape index (κ2) is 6.28. The molecule has 5 nitrogen and oxygen atoms in total. The van der Waals surface area contributed by atoms with Crippen molar-refractivity contribution >= 4 is 11.9 Å². The Kier molecular flexibility index (Phi) is 4.64. The molecular weight excluding hydrogens is 287 g/mol. The van der Waals surface area contributed by atoms with Crippen molar-refractivity contribution in [1.82, 2.24) is 9.97 Å². The third kappa shape index (κ3) is 3.83. The van der Waals surface area contributed by atoms with Gasteiger partial charge in [0.2, 0.25) is 5.95 Å². The molecule has 1 aromatic rings. The van der Waals surface area contributed by atoms with Gasteiger partial charge in [-0.1, -0.05) is 0 Å². The summed E-state index contributed by atoms with van der Waals surface area (Å²) in [5.74, 6) is -0.402. The van der Waals surface area contributed by atoms with E-state index in [4.69, 9.17) is 4.74 Å². The number of carbonyl (C=O) groups excluding carboxylic acids is 1. The average Bonchev–Trinajstić information content (AvgIpc) is 2.47. The van der Waals surface area contributed by atoms with Crippen LogP contribution in [0.4, 0.5) is 19.1 Å². The van der Waals surface area contributed by atoms with Gasteiger partial charge in [-0.15, -0.1) is 0 Å². The monoisotopic (exact) mass is 303 g/mol. The number of aromatic nitrogens is 2. The summed E-state index contributed by atoms with van der Waals surface area (Å²) in [5, 5.41) is 0. The number of nitrogens with zero attached hydrogens (tertiary/aromatic N) is 3. The van der Waals surface area contributed by atoms with Crippen molar-refractivity contribution in [3.8, 4) is 0 Å². The van der Waals surface area contributed by atoms with E-state index < -0.39 is 11.9 Å². The number of ether oxygens (including phenoxy) is 1. The summed E-state index contributed by atoms with van der Waals surface area (Å²) < 4.78 is 42.8. The molecule has 1 fully saturated rings. The molecule has 0 radical (unpaired) electrons. The van der Waals surface area contributed by atoms with Crippen molar-refractivity contribution in [2.75, 3.05) is 24.6 Å². The fourth-order valence-corrected chi connectivity index (χ4v) is 2.23. The van der Waals surface area contributed by atoms with Gasteiger partial charge < -0.3 is 9.64 Å². The molecule has 1 aliphatic rings. The first kappa shape index (κ1) is 15.5. The van der Waals surface area contributed by atoms with Gasteiger partial charge in [-0.3, -0.25) is 4.79 Å². The van der Waals surface area contributed by atoms with Crippen molar-refractivity contribution in [2.24, 2.45) is 5.92 Å². The van der Waals surface area contributed by atoms with Crippen LogP contribution in [0.1, 0.15) is 25.5 Å². The Labute approximate surface area is 120 Å². The van der Waals surface area contributed by atoms with Crippen molar-refractivity contribution in [2.45, 2.75) is 25.9 Å². The highest BCUT2D eigenvalue weighted by atomic mass is 19.4. The number of alkyl halides is 3. The van der Waals surface area contributed by atoms with Crippen LogP contribution in [-0.4, -0.2) is 35.6 Å². The van der Waals surface area contributed by atoms with Crippen LogP contribution in [0.25, 0.3) is 0 Å². The Morgan fingerprint density at radius 3 is 2.67 bits per heavy atom. The maximum atomic E-state index is 12.6. The summed E-state index contributed by atoms with van der Waals surface area (Å²) in [6, 6.07) is 0.842. The van der Waals surface area contributed by atoms with E-state index in [1.54, 1.807) is 11.8 Å². The second-order valence-electron chi connectivity index (χ2n) is 4.75. The summed E-state index contributed by atoms with van der Waals surface area (Å²) in [5.41, 5.74) is -0.958. The van der Waals surface area contributed by atoms with Crippen molar-refractivity contribution in [1.29, 1.82) is 0 Å². The quantitative estimate of drug-likeness (QED) is 0.802. The number of anilines is 1. The Hall–Kier alpha value is -1.86. The second-order valence-corrected chi connectivity index (χ2v) is 4.75. The van der Waals surface area contributed by atoms with E-state index in [2.05, 4.69) is 9.97 Å². The molecule has 1 aliphatic heterocycles. The van der Waals surface area contributed by atoms with Gasteiger partial charge in [0.05, 0.1) is 12.5 Å². The average molecular weight is 303 g/mol. The lowest BCUT2D eigenvalue weighted by atomic mass is 9.97. The molecule has 8 heteroatoms. The number of hydrogen-bond acceptors (Lipinski definition) is 5. The molecule has 0 saturated carbocycles. The predicted molar refractivity (Wildman–Crippen MR) is 68.6 cm³/mol. The first-order valence-corrected chi connectivity index (χ1v) is 6.73. The Balaban J connectivity index is 2.01. The first-order valence-electron chi connectivity index (χ1n) is 6.73. The number of carbonyl (C=O) groups is 1. The van der Waals surface area contributed by atoms with Gasteiger partial charge in [-0.2, -0.15) is 13.2 Å². The fourth-order valence-electron chi connectivity index (χ4n) is 2.23. The van der Waals surface area contributed by atoms with Gasteiger partial charge in [0.1, 0.15) is 5.69 Å². The molecule has 0 N–H and O–H groups in total. The number of rotatable bonds is 3. The topological polar surface area (TPSA) is 55.3 Å². The normalized spacial score (nSPS) is 16.9. The SMILES string of the molecule is CCOC(=O)C1CCN(c2nccc(C(F)(F)F)n2)CC1. The summed E-state index contributed by atoms with van der Waals surface area (Å²) in [7, 11) is 0. The van der Waals surface area contributed by atoms with Crippen LogP contribution in [0.3, 0.4) is 0 Å². The predicted octanol–water partition coefficient (Wildman–Crippen LogP) is 2.27. The zero-order valence-electron chi connectivity index (χ0n) is 11.6. The van der Waals surface area contributed by atoms with E-state index in [1.165, 1.54) is 0 Å². The highest BCUT2D eigenvalue weighted by Gasteiger charge is 2.34. The zero-order valence-corrected chi connectivity index (χ0v) is 11.6. The molecule has 1 saturated heterocycles. The highest BCUT2D eigenvalue weighted by Crippen LogP contribution is 2.29. The number of piperidine rings is 1. The molecule has 116 valence electrons. The molecule has 1 aromatic heterocycles. The number of halogens is 3. The van der Waals surface area contributed by atoms with Crippen LogP contribution in [0.5, 0.6) is 0 Å². The summed E-state index contributed by atoms with van der Waals surface area (Å²) in [6.45, 7) is 2.94. The largest absolute Gasteiger partial charge is 0.466 e. The van der Waals surface area contributed by atoms with Gasteiger partial charge in [0.15, 0.2) is 0 Å². The van der Waals surface area contributed by atoms with Crippen molar-refractivity contribution < 1.29 is 22.7 Å². The first-order chi connectivity index (χ1) is 9.91. The van der Waals surface area contributed by atoms with Crippen LogP contribution in [-0.2, 0) is 15.7 Å². The van der Waals surface area contributed by atoms with Crippen LogP contribution in [0.15, 0.2) is 12.3 Å². The summed E-state index contributed by atoms with van der Waals surface area (Å²) in [4.78, 5) is 20.7. The Morgan fingerprint density at radius 2 is 2.10 bits per heavy atom. The highest BCUT2D eigenvalue weighted by molar-refractivity contribution is 5.72. The van der Waals surface area contributed by atoms with E-state index in [0.29, 0.717) is 32.5 Å². The van der Waals surface area contributed by atoms with Gasteiger partial charge >= 0.3 is 12.1 Å². The molecule has 0 aliphatic carbocycles. The molecule has 0 aromatic carbocycles. The third-order valence-corrected chi connectivity index (χ3v) is 3.33. The lowest BCUT2D eigenvalue weighted by Gasteiger charge is -2.30. The summed E-state index contributed by atoms with van der Waals surface area (Å²) in [6.07, 6.45) is -2.33. The number of hydrogen-bond donors (Lipinski definition) is 0. The van der Waals surface area contributed by atoms with Gasteiger partial charge in [-0.05, 0) is 25.8 Å². The molecule has 0 unspecified atom stereocenters. The Morgan fingerprint density at radius 1 is 1.43 bits per heavy atom. The molecule has 2 heterocycles. The molecule has 21 heavy (non-hydrogen) atoms. The van der Waals surface area contributed by atoms with Gasteiger partial charge in [0.25, 0.3) is 0 Å². The van der Waals surface area contributed by atoms with Crippen LogP contribution in [0.2, 0.25) is 0 Å². The van der Waals surface area contributed by atoms with Crippen LogP contribution in [0, 0.1) is 5.92 Å². The molecule has 0 bridgehead atoms. The van der Waals surface area contributed by atoms with Crippen molar-refractivity contribution in [3.63, 3.8) is 0 Å². The molecule has 0 spiro atoms. The molecule has 0 atom stereocenters. The lowest BCUT2D eigenvalue weighted by molar-refractivity contribution is -0.148. The minimum absolute atomic E-state index is 0.0483. The van der Waals surface area contributed by atoms with E-state index in [9.17, 15) is 18.0 Å². The molecule has 2 rings (SSSR count). The van der Waals surface area contributed by atoms with Crippen LogP contribution >= 0.6 is 0 Å². The fraction of sp³-hybridized carbons (Fsp3) is 0.615. The zero-order chi connectivity index (χ0) is 15.5.